The number of methoxy groups -OCH3 is 2. The van der Waals surface area contributed by atoms with Gasteiger partial charge in [-0.15, -0.1) is 0 Å². The van der Waals surface area contributed by atoms with Crippen LogP contribution >= 0.6 is 0 Å². The van der Waals surface area contributed by atoms with Crippen LogP contribution in [0, 0.1) is 5.82 Å². The van der Waals surface area contributed by atoms with E-state index in [1.165, 1.54) is 31.4 Å². The third-order valence-corrected chi connectivity index (χ3v) is 4.87. The summed E-state index contributed by atoms with van der Waals surface area (Å²) >= 11 is 0. The van der Waals surface area contributed by atoms with Gasteiger partial charge in [0.15, 0.2) is 11.3 Å². The van der Waals surface area contributed by atoms with Crippen LogP contribution in [0.25, 0.3) is 0 Å². The summed E-state index contributed by atoms with van der Waals surface area (Å²) in [4.78, 5) is 26.5. The summed E-state index contributed by atoms with van der Waals surface area (Å²) in [6, 6.07) is 5.20. The maximum Gasteiger partial charge on any atom is 0.435 e. The molecule has 0 aliphatic rings. The second kappa shape index (κ2) is 9.12. The zero-order valence-electron chi connectivity index (χ0n) is 15.5. The van der Waals surface area contributed by atoms with Crippen molar-refractivity contribution in [2.24, 2.45) is 12.0 Å². The van der Waals surface area contributed by atoms with Crippen LogP contribution in [-0.2, 0) is 21.8 Å². The molecule has 9 nitrogen and oxygen atoms in total. The van der Waals surface area contributed by atoms with E-state index in [0.717, 1.165) is 14.2 Å². The van der Waals surface area contributed by atoms with E-state index in [4.69, 9.17) is 4.74 Å². The van der Waals surface area contributed by atoms with E-state index in [0.29, 0.717) is 16.5 Å². The smallest absolute Gasteiger partial charge is 0.435 e. The van der Waals surface area contributed by atoms with E-state index in [2.05, 4.69) is 9.73 Å². The fourth-order valence-corrected chi connectivity index (χ4v) is 3.18. The fourth-order valence-electron chi connectivity index (χ4n) is 1.91. The van der Waals surface area contributed by atoms with Crippen LogP contribution < -0.4 is 15.9 Å². The van der Waals surface area contributed by atoms with E-state index in [1.54, 1.807) is 0 Å². The molecular formula is C16H20FN3O6S. The normalized spacial score (nSPS) is 11.4. The number of carbonyl (C=O) groups excluding carboxylic acids is 1. The average Bonchev–Trinajstić information content (AvgIpc) is 2.69. The van der Waals surface area contributed by atoms with Gasteiger partial charge in [0, 0.05) is 7.05 Å². The molecule has 0 bridgehead atoms. The molecule has 1 amide bonds. The molecule has 27 heavy (non-hydrogen) atoms. The minimum Gasteiger partial charge on any atom is -0.497 e. The highest BCUT2D eigenvalue weighted by Crippen LogP contribution is 2.17. The van der Waals surface area contributed by atoms with E-state index in [-0.39, 0.29) is 8.87 Å². The van der Waals surface area contributed by atoms with Crippen LogP contribution in [0.1, 0.15) is 13.8 Å². The van der Waals surface area contributed by atoms with Crippen molar-refractivity contribution in [2.75, 3.05) is 14.2 Å². The second-order valence-corrected chi connectivity index (χ2v) is 6.52. The Morgan fingerprint density at radius 1 is 1.15 bits per heavy atom. The van der Waals surface area contributed by atoms with E-state index in [1.807, 2.05) is 13.8 Å². The van der Waals surface area contributed by atoms with Crippen LogP contribution in [0.3, 0.4) is 0 Å². The summed E-state index contributed by atoms with van der Waals surface area (Å²) in [7, 11) is -0.847. The topological polar surface area (TPSA) is 109 Å². The van der Waals surface area contributed by atoms with Crippen LogP contribution in [0.15, 0.2) is 45.1 Å². The van der Waals surface area contributed by atoms with Gasteiger partial charge in [-0.2, -0.15) is 8.96 Å². The number of nitrogens with zero attached hydrogens (tertiary/aromatic N) is 3. The average molecular weight is 401 g/mol. The van der Waals surface area contributed by atoms with Gasteiger partial charge in [0.05, 0.1) is 25.3 Å². The number of rotatable bonds is 3. The molecule has 0 saturated heterocycles. The number of halogens is 1. The molecule has 0 atom stereocenters. The summed E-state index contributed by atoms with van der Waals surface area (Å²) in [5.74, 6) is -0.778. The number of ether oxygens (including phenoxy) is 2. The number of hydrogen-bond donors (Lipinski definition) is 0. The maximum absolute atomic E-state index is 14.2. The molecule has 0 unspecified atom stereocenters. The van der Waals surface area contributed by atoms with Gasteiger partial charge >= 0.3 is 11.8 Å². The lowest BCUT2D eigenvalue weighted by atomic mass is 10.3. The van der Waals surface area contributed by atoms with E-state index >= 15 is 0 Å². The van der Waals surface area contributed by atoms with Gasteiger partial charge in [-0.05, 0) is 24.3 Å². The molecule has 2 aromatic rings. The molecule has 0 aliphatic carbocycles. The highest BCUT2D eigenvalue weighted by atomic mass is 32.2. The van der Waals surface area contributed by atoms with Crippen molar-refractivity contribution in [1.29, 1.82) is 0 Å². The van der Waals surface area contributed by atoms with Crippen molar-refractivity contribution in [2.45, 2.75) is 18.7 Å². The Morgan fingerprint density at radius 2 is 1.70 bits per heavy atom. The van der Waals surface area contributed by atoms with Gasteiger partial charge in [-0.25, -0.2) is 22.4 Å². The summed E-state index contributed by atoms with van der Waals surface area (Å²) < 4.78 is 49.3. The molecule has 11 heteroatoms. The van der Waals surface area contributed by atoms with Crippen molar-refractivity contribution in [1.82, 2.24) is 8.54 Å². The predicted molar refractivity (Wildman–Crippen MR) is 94.5 cm³/mol. The number of aromatic nitrogens is 2. The predicted octanol–water partition coefficient (Wildman–Crippen LogP) is 1.26. The summed E-state index contributed by atoms with van der Waals surface area (Å²) in [6.45, 7) is 4.00. The first-order valence-electron chi connectivity index (χ1n) is 7.73. The number of benzene rings is 1. The summed E-state index contributed by atoms with van der Waals surface area (Å²) in [5, 5.41) is 0. The molecular weight excluding hydrogens is 381 g/mol. The molecule has 0 aliphatic heterocycles. The molecule has 0 radical (unpaired) electrons. The summed E-state index contributed by atoms with van der Waals surface area (Å²) in [5.41, 5.74) is -1.77. The van der Waals surface area contributed by atoms with Crippen LogP contribution in [0.4, 0.5) is 9.18 Å². The van der Waals surface area contributed by atoms with Crippen molar-refractivity contribution < 1.29 is 27.1 Å². The number of carbonyl (C=O) groups is 1. The SMILES string of the molecule is CC.COC(=O)/N=c1\c(F)cn(S(=O)(=O)c2ccc(OC)cc2)c(=O)n1C. The fraction of sp³-hybridized carbons (Fsp3) is 0.312. The molecule has 1 aromatic heterocycles. The lowest BCUT2D eigenvalue weighted by Crippen LogP contribution is -2.42. The first-order valence-corrected chi connectivity index (χ1v) is 9.17. The van der Waals surface area contributed by atoms with Gasteiger partial charge in [0.2, 0.25) is 0 Å². The van der Waals surface area contributed by atoms with Crippen LogP contribution in [0.5, 0.6) is 5.75 Å². The third kappa shape index (κ3) is 4.61. The Bertz CT molecular complexity index is 1040. The van der Waals surface area contributed by atoms with Crippen molar-refractivity contribution >= 4 is 16.1 Å². The lowest BCUT2D eigenvalue weighted by Gasteiger charge is -2.10. The monoisotopic (exact) mass is 401 g/mol. The van der Waals surface area contributed by atoms with Gasteiger partial charge < -0.3 is 9.47 Å². The van der Waals surface area contributed by atoms with Crippen molar-refractivity contribution in [3.8, 4) is 5.75 Å². The first kappa shape index (κ1) is 22.1. The van der Waals surface area contributed by atoms with Gasteiger partial charge in [0.1, 0.15) is 5.75 Å². The van der Waals surface area contributed by atoms with Crippen LogP contribution in [0.2, 0.25) is 0 Å². The second-order valence-electron chi connectivity index (χ2n) is 4.70. The van der Waals surface area contributed by atoms with Gasteiger partial charge in [-0.1, -0.05) is 13.8 Å². The Labute approximate surface area is 155 Å². The minimum atomic E-state index is -4.36. The Morgan fingerprint density at radius 3 is 2.19 bits per heavy atom. The van der Waals surface area contributed by atoms with Crippen LogP contribution in [-0.4, -0.2) is 37.3 Å². The number of hydrogen-bond acceptors (Lipinski definition) is 6. The Kier molecular flexibility index (Phi) is 7.46. The zero-order chi connectivity index (χ0) is 20.8. The Hall–Kier alpha value is -2.95. The molecule has 2 rings (SSSR count). The molecule has 148 valence electrons. The molecule has 1 aromatic carbocycles. The third-order valence-electron chi connectivity index (χ3n) is 3.23. The summed E-state index contributed by atoms with van der Waals surface area (Å²) in [6.07, 6.45) is -0.686. The standard InChI is InChI=1S/C14H14FN3O6S.C2H6/c1-17-12(16-13(19)24-3)11(15)8-18(14(17)20)25(21,22)10-6-4-9(23-2)5-7-10;1-2/h4-8H,1-3H3;1-2H3/b16-12+;. The van der Waals surface area contributed by atoms with Gasteiger partial charge in [0.25, 0.3) is 10.0 Å². The first-order chi connectivity index (χ1) is 12.7. The quantitative estimate of drug-likeness (QED) is 0.766. The van der Waals surface area contributed by atoms with Crippen molar-refractivity contribution in [3.63, 3.8) is 0 Å². The van der Waals surface area contributed by atoms with E-state index < -0.39 is 33.1 Å². The molecule has 1 heterocycles. The highest BCUT2D eigenvalue weighted by Gasteiger charge is 2.21. The highest BCUT2D eigenvalue weighted by molar-refractivity contribution is 7.90. The zero-order valence-corrected chi connectivity index (χ0v) is 16.3. The molecule has 0 N–H and O–H groups in total. The van der Waals surface area contributed by atoms with Crippen molar-refractivity contribution in [3.05, 3.63) is 52.3 Å². The molecule has 0 spiro atoms. The largest absolute Gasteiger partial charge is 0.497 e. The lowest BCUT2D eigenvalue weighted by molar-refractivity contribution is 0.181. The number of amides is 1. The molecule has 0 fully saturated rings. The van der Waals surface area contributed by atoms with Gasteiger partial charge in [-0.3, -0.25) is 4.57 Å². The maximum atomic E-state index is 14.2. The van der Waals surface area contributed by atoms with E-state index in [9.17, 15) is 22.4 Å². The minimum absolute atomic E-state index is 0.223. The Balaban J connectivity index is 0.00000176. The molecule has 0 saturated carbocycles.